The first kappa shape index (κ1) is 15.0. The maximum Gasteiger partial charge on any atom is 0.261 e. The van der Waals surface area contributed by atoms with Gasteiger partial charge in [0.05, 0.1) is 11.7 Å². The van der Waals surface area contributed by atoms with Crippen molar-refractivity contribution in [2.75, 3.05) is 18.5 Å². The number of aryl methyl sites for hydroxylation is 1. The molecule has 3 rings (SSSR count). The molecule has 2 aromatic rings. The third-order valence-electron chi connectivity index (χ3n) is 3.42. The zero-order valence-corrected chi connectivity index (χ0v) is 13.2. The van der Waals surface area contributed by atoms with Crippen LogP contribution in [0.15, 0.2) is 30.5 Å². The summed E-state index contributed by atoms with van der Waals surface area (Å²) < 4.78 is 11.3. The molecule has 0 saturated carbocycles. The van der Waals surface area contributed by atoms with Gasteiger partial charge in [-0.25, -0.2) is 4.98 Å². The molecule has 22 heavy (non-hydrogen) atoms. The van der Waals surface area contributed by atoms with Gasteiger partial charge < -0.3 is 9.47 Å². The smallest absolute Gasteiger partial charge is 0.261 e. The number of benzene rings is 1. The second-order valence-electron chi connectivity index (χ2n) is 5.17. The summed E-state index contributed by atoms with van der Waals surface area (Å²) in [6, 6.07) is 7.23. The molecule has 116 valence electrons. The maximum atomic E-state index is 12.4. The van der Waals surface area contributed by atoms with E-state index in [1.807, 2.05) is 19.1 Å². The Morgan fingerprint density at radius 2 is 2.36 bits per heavy atom. The summed E-state index contributed by atoms with van der Waals surface area (Å²) in [5.74, 6) is 0.362. The SMILES string of the molecule is Cc1cnc(NC(=O)c2ccccc2OC[C@@H]2CCCO2)s1. The number of nitrogens with zero attached hydrogens (tertiary/aromatic N) is 1. The average molecular weight is 318 g/mol. The van der Waals surface area contributed by atoms with Crippen LogP contribution in [0.5, 0.6) is 5.75 Å². The Kier molecular flexibility index (Phi) is 4.70. The van der Waals surface area contributed by atoms with Gasteiger partial charge >= 0.3 is 0 Å². The molecule has 5 nitrogen and oxygen atoms in total. The van der Waals surface area contributed by atoms with E-state index in [9.17, 15) is 4.79 Å². The predicted octanol–water partition coefficient (Wildman–Crippen LogP) is 3.26. The van der Waals surface area contributed by atoms with Gasteiger partial charge in [-0.2, -0.15) is 0 Å². The van der Waals surface area contributed by atoms with Gasteiger partial charge in [0.15, 0.2) is 5.13 Å². The van der Waals surface area contributed by atoms with Crippen molar-refractivity contribution in [1.29, 1.82) is 0 Å². The Morgan fingerprint density at radius 1 is 1.50 bits per heavy atom. The number of amides is 1. The van der Waals surface area contributed by atoms with Gasteiger partial charge in [-0.3, -0.25) is 10.1 Å². The number of thiazole rings is 1. The third-order valence-corrected chi connectivity index (χ3v) is 4.25. The molecule has 0 bridgehead atoms. The molecule has 1 aliphatic rings. The number of aromatic nitrogens is 1. The fourth-order valence-corrected chi connectivity index (χ4v) is 2.98. The number of carbonyl (C=O) groups is 1. The molecular weight excluding hydrogens is 300 g/mol. The first-order valence-electron chi connectivity index (χ1n) is 7.29. The quantitative estimate of drug-likeness (QED) is 0.919. The van der Waals surface area contributed by atoms with Gasteiger partial charge in [0, 0.05) is 17.7 Å². The normalized spacial score (nSPS) is 17.4. The van der Waals surface area contributed by atoms with E-state index in [1.165, 1.54) is 11.3 Å². The monoisotopic (exact) mass is 318 g/mol. The number of rotatable bonds is 5. The lowest BCUT2D eigenvalue weighted by Crippen LogP contribution is -2.19. The second kappa shape index (κ2) is 6.89. The Balaban J connectivity index is 1.68. The molecule has 6 heteroatoms. The molecule has 1 atom stereocenters. The Labute approximate surface area is 133 Å². The summed E-state index contributed by atoms with van der Waals surface area (Å²) in [4.78, 5) is 17.6. The minimum atomic E-state index is -0.211. The molecule has 1 aromatic carbocycles. The molecule has 1 saturated heterocycles. The standard InChI is InChI=1S/C16H18N2O3S/c1-11-9-17-16(22-11)18-15(19)13-6-2-3-7-14(13)21-10-12-5-4-8-20-12/h2-3,6-7,9,12H,4-5,8,10H2,1H3,(H,17,18,19)/t12-/m0/s1. The molecule has 1 aromatic heterocycles. The van der Waals surface area contributed by atoms with Crippen LogP contribution in [0.4, 0.5) is 5.13 Å². The lowest BCUT2D eigenvalue weighted by atomic mass is 10.2. The average Bonchev–Trinajstić information content (AvgIpc) is 3.17. The summed E-state index contributed by atoms with van der Waals surface area (Å²) in [6.45, 7) is 3.21. The first-order valence-corrected chi connectivity index (χ1v) is 8.11. The topological polar surface area (TPSA) is 60.5 Å². The van der Waals surface area contributed by atoms with Crippen LogP contribution >= 0.6 is 11.3 Å². The van der Waals surface area contributed by atoms with Crippen LogP contribution in [0.2, 0.25) is 0 Å². The molecule has 0 aliphatic carbocycles. The largest absolute Gasteiger partial charge is 0.490 e. The molecule has 0 unspecified atom stereocenters. The molecule has 1 aliphatic heterocycles. The van der Waals surface area contributed by atoms with Crippen LogP contribution in [-0.2, 0) is 4.74 Å². The molecular formula is C16H18N2O3S. The van der Waals surface area contributed by atoms with Crippen molar-refractivity contribution in [1.82, 2.24) is 4.98 Å². The van der Waals surface area contributed by atoms with Gasteiger partial charge in [-0.15, -0.1) is 11.3 Å². The van der Waals surface area contributed by atoms with Crippen molar-refractivity contribution in [3.8, 4) is 5.75 Å². The Hall–Kier alpha value is -1.92. The highest BCUT2D eigenvalue weighted by atomic mass is 32.1. The van der Waals surface area contributed by atoms with Crippen molar-refractivity contribution >= 4 is 22.4 Å². The van der Waals surface area contributed by atoms with Crippen molar-refractivity contribution in [2.45, 2.75) is 25.9 Å². The number of para-hydroxylation sites is 1. The highest BCUT2D eigenvalue weighted by Crippen LogP contribution is 2.23. The van der Waals surface area contributed by atoms with Crippen molar-refractivity contribution in [2.24, 2.45) is 0 Å². The minimum absolute atomic E-state index is 0.123. The van der Waals surface area contributed by atoms with Gasteiger partial charge in [0.25, 0.3) is 5.91 Å². The maximum absolute atomic E-state index is 12.4. The van der Waals surface area contributed by atoms with E-state index in [2.05, 4.69) is 10.3 Å². The van der Waals surface area contributed by atoms with Crippen LogP contribution in [0.25, 0.3) is 0 Å². The zero-order chi connectivity index (χ0) is 15.4. The zero-order valence-electron chi connectivity index (χ0n) is 12.4. The fraction of sp³-hybridized carbons (Fsp3) is 0.375. The summed E-state index contributed by atoms with van der Waals surface area (Å²) in [5, 5.41) is 3.40. The van der Waals surface area contributed by atoms with E-state index in [1.54, 1.807) is 18.3 Å². The lowest BCUT2D eigenvalue weighted by molar-refractivity contribution is 0.0673. The number of nitrogens with one attached hydrogen (secondary N) is 1. The number of carbonyl (C=O) groups excluding carboxylic acids is 1. The molecule has 1 N–H and O–H groups in total. The molecule has 0 spiro atoms. The Morgan fingerprint density at radius 3 is 3.09 bits per heavy atom. The molecule has 1 fully saturated rings. The Bertz CT molecular complexity index is 650. The van der Waals surface area contributed by atoms with E-state index in [0.717, 1.165) is 24.3 Å². The summed E-state index contributed by atoms with van der Waals surface area (Å²) in [6.07, 6.45) is 3.93. The minimum Gasteiger partial charge on any atom is -0.490 e. The van der Waals surface area contributed by atoms with Crippen LogP contribution in [-0.4, -0.2) is 30.2 Å². The fourth-order valence-electron chi connectivity index (χ4n) is 2.32. The summed E-state index contributed by atoms with van der Waals surface area (Å²) in [5.41, 5.74) is 0.508. The van der Waals surface area contributed by atoms with Gasteiger partial charge in [-0.05, 0) is 31.9 Å². The number of hydrogen-bond donors (Lipinski definition) is 1. The van der Waals surface area contributed by atoms with Crippen LogP contribution in [0.3, 0.4) is 0 Å². The number of anilines is 1. The molecule has 2 heterocycles. The van der Waals surface area contributed by atoms with E-state index in [0.29, 0.717) is 23.1 Å². The highest BCUT2D eigenvalue weighted by Gasteiger charge is 2.18. The van der Waals surface area contributed by atoms with Gasteiger partial charge in [0.2, 0.25) is 0 Å². The van der Waals surface area contributed by atoms with Crippen LogP contribution in [0, 0.1) is 6.92 Å². The first-order chi connectivity index (χ1) is 10.7. The number of hydrogen-bond acceptors (Lipinski definition) is 5. The van der Waals surface area contributed by atoms with Crippen LogP contribution < -0.4 is 10.1 Å². The lowest BCUT2D eigenvalue weighted by Gasteiger charge is -2.14. The van der Waals surface area contributed by atoms with E-state index in [-0.39, 0.29) is 12.0 Å². The third kappa shape index (κ3) is 3.64. The predicted molar refractivity (Wildman–Crippen MR) is 85.7 cm³/mol. The molecule has 1 amide bonds. The summed E-state index contributed by atoms with van der Waals surface area (Å²) >= 11 is 1.45. The second-order valence-corrected chi connectivity index (χ2v) is 6.41. The van der Waals surface area contributed by atoms with Crippen LogP contribution in [0.1, 0.15) is 28.1 Å². The van der Waals surface area contributed by atoms with E-state index >= 15 is 0 Å². The van der Waals surface area contributed by atoms with Gasteiger partial charge in [0.1, 0.15) is 12.4 Å². The van der Waals surface area contributed by atoms with Gasteiger partial charge in [-0.1, -0.05) is 12.1 Å². The van der Waals surface area contributed by atoms with Crippen molar-refractivity contribution < 1.29 is 14.3 Å². The molecule has 0 radical (unpaired) electrons. The highest BCUT2D eigenvalue weighted by molar-refractivity contribution is 7.15. The number of ether oxygens (including phenoxy) is 2. The van der Waals surface area contributed by atoms with E-state index in [4.69, 9.17) is 9.47 Å². The van der Waals surface area contributed by atoms with Crippen molar-refractivity contribution in [3.05, 3.63) is 40.9 Å². The summed E-state index contributed by atoms with van der Waals surface area (Å²) in [7, 11) is 0. The van der Waals surface area contributed by atoms with E-state index < -0.39 is 0 Å². The van der Waals surface area contributed by atoms with Crippen molar-refractivity contribution in [3.63, 3.8) is 0 Å².